The van der Waals surface area contributed by atoms with Crippen LogP contribution in [0.3, 0.4) is 0 Å². The standard InChI is InChI=1S/C18H19N3O6S/c1-26-13-5-3-12(4-6-13)19-17(22)10-28-11-18(23)20-15-8-7-14(27-2)9-16(15)21(24)25/h3-9H,10-11H2,1-2H3,(H,19,22)(H,20,23). The van der Waals surface area contributed by atoms with Crippen LogP contribution in [0.25, 0.3) is 0 Å². The summed E-state index contributed by atoms with van der Waals surface area (Å²) in [4.78, 5) is 34.5. The minimum Gasteiger partial charge on any atom is -0.497 e. The molecule has 0 unspecified atom stereocenters. The van der Waals surface area contributed by atoms with Crippen molar-refractivity contribution in [3.05, 3.63) is 52.6 Å². The van der Waals surface area contributed by atoms with Gasteiger partial charge in [-0.1, -0.05) is 0 Å². The zero-order chi connectivity index (χ0) is 20.5. The molecule has 0 aliphatic heterocycles. The number of amides is 2. The normalized spacial score (nSPS) is 10.1. The van der Waals surface area contributed by atoms with Crippen molar-refractivity contribution in [3.8, 4) is 11.5 Å². The highest BCUT2D eigenvalue weighted by molar-refractivity contribution is 8.00. The van der Waals surface area contributed by atoms with Crippen molar-refractivity contribution in [1.82, 2.24) is 0 Å². The van der Waals surface area contributed by atoms with Crippen LogP contribution in [0.2, 0.25) is 0 Å². The molecule has 2 aromatic rings. The highest BCUT2D eigenvalue weighted by atomic mass is 32.2. The highest BCUT2D eigenvalue weighted by Crippen LogP contribution is 2.29. The summed E-state index contributed by atoms with van der Waals surface area (Å²) in [6, 6.07) is 11.0. The van der Waals surface area contributed by atoms with E-state index in [1.807, 2.05) is 0 Å². The zero-order valence-corrected chi connectivity index (χ0v) is 16.1. The molecule has 0 aliphatic rings. The van der Waals surface area contributed by atoms with Crippen LogP contribution in [0, 0.1) is 10.1 Å². The summed E-state index contributed by atoms with van der Waals surface area (Å²) >= 11 is 1.09. The average molecular weight is 405 g/mol. The van der Waals surface area contributed by atoms with Crippen LogP contribution in [0.5, 0.6) is 11.5 Å². The Morgan fingerprint density at radius 1 is 0.964 bits per heavy atom. The van der Waals surface area contributed by atoms with Gasteiger partial charge in [0.25, 0.3) is 5.69 Å². The van der Waals surface area contributed by atoms with Crippen LogP contribution in [0.1, 0.15) is 0 Å². The molecule has 2 amide bonds. The quantitative estimate of drug-likeness (QED) is 0.486. The van der Waals surface area contributed by atoms with Gasteiger partial charge in [-0.3, -0.25) is 19.7 Å². The smallest absolute Gasteiger partial charge is 0.296 e. The number of hydrogen-bond acceptors (Lipinski definition) is 7. The van der Waals surface area contributed by atoms with Gasteiger partial charge in [-0.15, -0.1) is 11.8 Å². The first-order valence-corrected chi connectivity index (χ1v) is 9.22. The number of benzene rings is 2. The second kappa shape index (κ2) is 10.2. The Morgan fingerprint density at radius 2 is 1.54 bits per heavy atom. The first-order chi connectivity index (χ1) is 13.4. The highest BCUT2D eigenvalue weighted by Gasteiger charge is 2.17. The van der Waals surface area contributed by atoms with E-state index in [0.717, 1.165) is 11.8 Å². The first kappa shape index (κ1) is 21.0. The molecule has 28 heavy (non-hydrogen) atoms. The number of nitrogens with zero attached hydrogens (tertiary/aromatic N) is 1. The number of carbonyl (C=O) groups excluding carboxylic acids is 2. The number of ether oxygens (including phenoxy) is 2. The van der Waals surface area contributed by atoms with Crippen LogP contribution in [0.4, 0.5) is 17.1 Å². The third-order valence-corrected chi connectivity index (χ3v) is 4.45. The molecule has 0 atom stereocenters. The van der Waals surface area contributed by atoms with Crippen molar-refractivity contribution in [2.75, 3.05) is 36.4 Å². The molecule has 148 valence electrons. The van der Waals surface area contributed by atoms with Gasteiger partial charge in [0.1, 0.15) is 17.2 Å². The predicted octanol–water partition coefficient (Wildman–Crippen LogP) is 2.92. The Labute approximate surface area is 165 Å². The zero-order valence-electron chi connectivity index (χ0n) is 15.3. The fourth-order valence-corrected chi connectivity index (χ4v) is 2.81. The molecule has 0 aliphatic carbocycles. The molecule has 0 saturated carbocycles. The maximum atomic E-state index is 12.0. The van der Waals surface area contributed by atoms with Gasteiger partial charge in [0, 0.05) is 5.69 Å². The van der Waals surface area contributed by atoms with Crippen LogP contribution in [-0.4, -0.2) is 42.5 Å². The van der Waals surface area contributed by atoms with E-state index >= 15 is 0 Å². The van der Waals surface area contributed by atoms with E-state index in [9.17, 15) is 19.7 Å². The van der Waals surface area contributed by atoms with Crippen LogP contribution >= 0.6 is 11.8 Å². The minimum atomic E-state index is -0.604. The fraction of sp³-hybridized carbons (Fsp3) is 0.222. The topological polar surface area (TPSA) is 120 Å². The molecule has 0 radical (unpaired) electrons. The number of anilines is 2. The molecule has 2 rings (SSSR count). The van der Waals surface area contributed by atoms with E-state index in [0.29, 0.717) is 17.2 Å². The molecule has 0 saturated heterocycles. The number of nitrogens with one attached hydrogen (secondary N) is 2. The van der Waals surface area contributed by atoms with Crippen molar-refractivity contribution in [2.24, 2.45) is 0 Å². The van der Waals surface area contributed by atoms with Gasteiger partial charge in [0.2, 0.25) is 11.8 Å². The van der Waals surface area contributed by atoms with Crippen molar-refractivity contribution < 1.29 is 24.0 Å². The summed E-state index contributed by atoms with van der Waals surface area (Å²) in [5.41, 5.74) is 0.416. The van der Waals surface area contributed by atoms with Gasteiger partial charge < -0.3 is 20.1 Å². The van der Waals surface area contributed by atoms with E-state index in [1.54, 1.807) is 31.4 Å². The van der Waals surface area contributed by atoms with Gasteiger partial charge in [0.05, 0.1) is 36.7 Å². The molecular weight excluding hydrogens is 386 g/mol. The van der Waals surface area contributed by atoms with Crippen LogP contribution in [0.15, 0.2) is 42.5 Å². The molecule has 0 aromatic heterocycles. The van der Waals surface area contributed by atoms with E-state index < -0.39 is 10.8 Å². The second-order valence-corrected chi connectivity index (χ2v) is 6.44. The molecule has 10 heteroatoms. The van der Waals surface area contributed by atoms with Gasteiger partial charge in [-0.2, -0.15) is 0 Å². The number of nitro benzene ring substituents is 1. The number of hydrogen-bond donors (Lipinski definition) is 2. The molecule has 2 N–H and O–H groups in total. The Bertz CT molecular complexity index is 857. The maximum absolute atomic E-state index is 12.0. The summed E-state index contributed by atoms with van der Waals surface area (Å²) in [6.45, 7) is 0. The van der Waals surface area contributed by atoms with Crippen molar-refractivity contribution >= 4 is 40.6 Å². The van der Waals surface area contributed by atoms with Crippen molar-refractivity contribution in [1.29, 1.82) is 0 Å². The van der Waals surface area contributed by atoms with E-state index in [2.05, 4.69) is 10.6 Å². The lowest BCUT2D eigenvalue weighted by Crippen LogP contribution is -2.18. The number of methoxy groups -OCH3 is 2. The molecule has 9 nitrogen and oxygen atoms in total. The molecule has 0 fully saturated rings. The van der Waals surface area contributed by atoms with E-state index in [1.165, 1.54) is 25.3 Å². The Balaban J connectivity index is 1.82. The summed E-state index contributed by atoms with van der Waals surface area (Å²) < 4.78 is 9.99. The third-order valence-electron chi connectivity index (χ3n) is 3.52. The summed E-state index contributed by atoms with van der Waals surface area (Å²) in [5, 5.41) is 16.3. The lowest BCUT2D eigenvalue weighted by Gasteiger charge is -2.08. The van der Waals surface area contributed by atoms with Crippen LogP contribution < -0.4 is 20.1 Å². The van der Waals surface area contributed by atoms with E-state index in [-0.39, 0.29) is 28.8 Å². The molecule has 0 bridgehead atoms. The SMILES string of the molecule is COc1ccc(NC(=O)CSCC(=O)Nc2ccc(OC)cc2[N+](=O)[O-])cc1. The Morgan fingerprint density at radius 3 is 2.11 bits per heavy atom. The molecule has 0 spiro atoms. The van der Waals surface area contributed by atoms with Gasteiger partial charge in [-0.05, 0) is 36.4 Å². The lowest BCUT2D eigenvalue weighted by molar-refractivity contribution is -0.384. The first-order valence-electron chi connectivity index (χ1n) is 8.07. The maximum Gasteiger partial charge on any atom is 0.296 e. The monoisotopic (exact) mass is 405 g/mol. The van der Waals surface area contributed by atoms with Gasteiger partial charge >= 0.3 is 0 Å². The molecule has 0 heterocycles. The summed E-state index contributed by atoms with van der Waals surface area (Å²) in [7, 11) is 2.95. The molecule has 2 aromatic carbocycles. The number of carbonyl (C=O) groups is 2. The minimum absolute atomic E-state index is 0.0286. The average Bonchev–Trinajstić information content (AvgIpc) is 2.68. The number of nitro groups is 1. The number of rotatable bonds is 9. The van der Waals surface area contributed by atoms with E-state index in [4.69, 9.17) is 9.47 Å². The Hall–Kier alpha value is -3.27. The predicted molar refractivity (Wildman–Crippen MR) is 107 cm³/mol. The van der Waals surface area contributed by atoms with Gasteiger partial charge in [0.15, 0.2) is 0 Å². The lowest BCUT2D eigenvalue weighted by atomic mass is 10.2. The fourth-order valence-electron chi connectivity index (χ4n) is 2.19. The van der Waals surface area contributed by atoms with Gasteiger partial charge in [-0.25, -0.2) is 0 Å². The number of thioether (sulfide) groups is 1. The summed E-state index contributed by atoms with van der Waals surface area (Å²) in [6.07, 6.45) is 0. The van der Waals surface area contributed by atoms with Crippen LogP contribution in [-0.2, 0) is 9.59 Å². The largest absolute Gasteiger partial charge is 0.497 e. The Kier molecular flexibility index (Phi) is 7.64. The second-order valence-electron chi connectivity index (χ2n) is 5.46. The molecular formula is C18H19N3O6S. The third kappa shape index (κ3) is 6.16. The van der Waals surface area contributed by atoms with Crippen molar-refractivity contribution in [2.45, 2.75) is 0 Å². The van der Waals surface area contributed by atoms with Crippen molar-refractivity contribution in [3.63, 3.8) is 0 Å². The summed E-state index contributed by atoms with van der Waals surface area (Å²) in [5.74, 6) is 0.309.